The number of hydrogen-bond donors (Lipinski definition) is 1. The van der Waals surface area contributed by atoms with Crippen LogP contribution in [-0.4, -0.2) is 31.6 Å². The van der Waals surface area contributed by atoms with Crippen LogP contribution >= 0.6 is 0 Å². The number of hydrogen-bond acceptors (Lipinski definition) is 5. The van der Waals surface area contributed by atoms with E-state index in [9.17, 15) is 22.4 Å². The summed E-state index contributed by atoms with van der Waals surface area (Å²) < 4.78 is 61.0. The van der Waals surface area contributed by atoms with Gasteiger partial charge in [-0.15, -0.1) is 0 Å². The largest absolute Gasteiger partial charge is 0.487 e. The van der Waals surface area contributed by atoms with E-state index in [0.29, 0.717) is 39.5 Å². The maximum absolute atomic E-state index is 14.1. The summed E-state index contributed by atoms with van der Waals surface area (Å²) in [6, 6.07) is 13.7. The summed E-state index contributed by atoms with van der Waals surface area (Å²) in [6.07, 6.45) is -1.71. The average molecular weight is 550 g/mol. The minimum atomic E-state index is -4.59. The number of pyridine rings is 1. The smallest absolute Gasteiger partial charge is 0.416 e. The molecule has 0 spiro atoms. The van der Waals surface area contributed by atoms with Gasteiger partial charge in [-0.25, -0.2) is 18.9 Å². The number of amides is 1. The summed E-state index contributed by atoms with van der Waals surface area (Å²) in [6.45, 7) is 5.41. The lowest BCUT2D eigenvalue weighted by Gasteiger charge is -2.11. The molecule has 0 aliphatic rings. The molecule has 0 aliphatic heterocycles. The molecule has 0 aliphatic carbocycles. The number of fused-ring (bicyclic) bond motifs is 1. The highest BCUT2D eigenvalue weighted by molar-refractivity contribution is 6.04. The number of rotatable bonds is 6. The number of carbonyl (C=O) groups excluding carboxylic acids is 1. The highest BCUT2D eigenvalue weighted by atomic mass is 19.4. The normalized spacial score (nSPS) is 11.7. The Hall–Kier alpha value is -4.80. The van der Waals surface area contributed by atoms with Crippen molar-refractivity contribution in [1.82, 2.24) is 19.6 Å². The van der Waals surface area contributed by atoms with Gasteiger partial charge >= 0.3 is 6.18 Å². The van der Waals surface area contributed by atoms with Gasteiger partial charge in [-0.1, -0.05) is 6.07 Å². The van der Waals surface area contributed by atoms with Gasteiger partial charge in [-0.2, -0.15) is 18.3 Å². The summed E-state index contributed by atoms with van der Waals surface area (Å²) in [7, 11) is 0. The number of nitrogens with zero attached hydrogens (tertiary/aromatic N) is 4. The molecule has 5 aromatic rings. The third-order valence-corrected chi connectivity index (χ3v) is 6.00. The molecular formula is C29H23F4N5O2. The lowest BCUT2D eigenvalue weighted by molar-refractivity contribution is -0.137. The van der Waals surface area contributed by atoms with Crippen LogP contribution in [0.4, 0.5) is 23.4 Å². The Kier molecular flexibility index (Phi) is 6.97. The zero-order valence-electron chi connectivity index (χ0n) is 21.6. The minimum Gasteiger partial charge on any atom is -0.487 e. The van der Waals surface area contributed by atoms with Crippen LogP contribution in [0.5, 0.6) is 5.75 Å². The highest BCUT2D eigenvalue weighted by Crippen LogP contribution is 2.36. The van der Waals surface area contributed by atoms with Crippen LogP contribution in [0.25, 0.3) is 28.2 Å². The molecule has 0 fully saturated rings. The van der Waals surface area contributed by atoms with Crippen molar-refractivity contribution >= 4 is 17.4 Å². The summed E-state index contributed by atoms with van der Waals surface area (Å²) >= 11 is 0. The van der Waals surface area contributed by atoms with E-state index in [2.05, 4.69) is 15.4 Å². The molecule has 0 unspecified atom stereocenters. The molecular weight excluding hydrogens is 526 g/mol. The Morgan fingerprint density at radius 3 is 2.52 bits per heavy atom. The number of imidazole rings is 1. The molecule has 40 heavy (non-hydrogen) atoms. The predicted molar refractivity (Wildman–Crippen MR) is 142 cm³/mol. The molecule has 0 radical (unpaired) electrons. The van der Waals surface area contributed by atoms with Crippen molar-refractivity contribution < 1.29 is 27.1 Å². The standard InChI is InChI=1S/C29H23F4N5O2/c1-16(2)40-23-10-12-35-38-26(25(37-27(23)38)18-7-8-22(30)17(3)13-18)19-9-11-34-24(15-19)36-28(39)20-5-4-6-21(14-20)29(31,32)33/h4-16H,1-3H3,(H,34,36,39). The van der Waals surface area contributed by atoms with E-state index in [4.69, 9.17) is 9.72 Å². The number of carbonyl (C=O) groups is 1. The van der Waals surface area contributed by atoms with Crippen molar-refractivity contribution in [2.24, 2.45) is 0 Å². The molecule has 0 saturated carbocycles. The molecule has 0 bridgehead atoms. The Labute approximate surface area is 226 Å². The molecule has 5 rings (SSSR count). The maximum Gasteiger partial charge on any atom is 0.416 e. The molecule has 2 aromatic carbocycles. The lowest BCUT2D eigenvalue weighted by atomic mass is 10.0. The molecule has 204 valence electrons. The fourth-order valence-electron chi connectivity index (χ4n) is 4.20. The second-order valence-electron chi connectivity index (χ2n) is 9.33. The van der Waals surface area contributed by atoms with Gasteiger partial charge in [0, 0.05) is 29.0 Å². The summed E-state index contributed by atoms with van der Waals surface area (Å²) in [5, 5.41) is 7.03. The first-order valence-corrected chi connectivity index (χ1v) is 12.3. The Morgan fingerprint density at radius 2 is 1.80 bits per heavy atom. The van der Waals surface area contributed by atoms with E-state index in [0.717, 1.165) is 12.1 Å². The number of halogens is 4. The van der Waals surface area contributed by atoms with Crippen molar-refractivity contribution in [2.45, 2.75) is 33.1 Å². The molecule has 7 nitrogen and oxygen atoms in total. The van der Waals surface area contributed by atoms with Crippen LogP contribution in [0, 0.1) is 12.7 Å². The molecule has 1 N–H and O–H groups in total. The van der Waals surface area contributed by atoms with Gasteiger partial charge in [0.25, 0.3) is 5.91 Å². The number of ether oxygens (including phenoxy) is 1. The van der Waals surface area contributed by atoms with Crippen molar-refractivity contribution in [1.29, 1.82) is 0 Å². The second-order valence-corrected chi connectivity index (χ2v) is 9.33. The predicted octanol–water partition coefficient (Wildman–Crippen LogP) is 6.96. The summed E-state index contributed by atoms with van der Waals surface area (Å²) in [5.41, 5.74) is 1.93. The lowest BCUT2D eigenvalue weighted by Crippen LogP contribution is -2.14. The molecule has 0 saturated heterocycles. The zero-order valence-corrected chi connectivity index (χ0v) is 21.6. The SMILES string of the molecule is Cc1cc(-c2nc3c(OC(C)C)ccnn3c2-c2ccnc(NC(=O)c3cccc(C(F)(F)F)c3)c2)ccc1F. The quantitative estimate of drug-likeness (QED) is 0.232. The topological polar surface area (TPSA) is 81.4 Å². The van der Waals surface area contributed by atoms with Crippen LogP contribution in [0.15, 0.2) is 73.1 Å². The number of nitrogens with one attached hydrogen (secondary N) is 1. The molecule has 0 atom stereocenters. The van der Waals surface area contributed by atoms with E-state index in [1.54, 1.807) is 48.0 Å². The Bertz CT molecular complexity index is 1730. The number of aryl methyl sites for hydroxylation is 1. The Balaban J connectivity index is 1.60. The van der Waals surface area contributed by atoms with Gasteiger partial charge in [0.15, 0.2) is 11.4 Å². The first-order valence-electron chi connectivity index (χ1n) is 12.3. The van der Waals surface area contributed by atoms with E-state index in [1.807, 2.05) is 13.8 Å². The molecule has 3 heterocycles. The summed E-state index contributed by atoms with van der Waals surface area (Å²) in [5.74, 6) is -0.525. The third-order valence-electron chi connectivity index (χ3n) is 6.00. The van der Waals surface area contributed by atoms with Gasteiger partial charge in [0.05, 0.1) is 23.6 Å². The maximum atomic E-state index is 14.1. The van der Waals surface area contributed by atoms with E-state index < -0.39 is 17.6 Å². The van der Waals surface area contributed by atoms with E-state index in [-0.39, 0.29) is 23.3 Å². The fraction of sp³-hybridized carbons (Fsp3) is 0.172. The fourth-order valence-corrected chi connectivity index (χ4v) is 4.20. The van der Waals surface area contributed by atoms with Gasteiger partial charge in [-0.05, 0) is 74.9 Å². The third kappa shape index (κ3) is 5.35. The van der Waals surface area contributed by atoms with Crippen molar-refractivity contribution in [2.75, 3.05) is 5.32 Å². The van der Waals surface area contributed by atoms with Gasteiger partial charge < -0.3 is 10.1 Å². The van der Waals surface area contributed by atoms with E-state index >= 15 is 0 Å². The minimum absolute atomic E-state index is 0.102. The van der Waals surface area contributed by atoms with E-state index in [1.165, 1.54) is 24.4 Å². The van der Waals surface area contributed by atoms with Crippen molar-refractivity contribution in [3.8, 4) is 28.3 Å². The highest BCUT2D eigenvalue weighted by Gasteiger charge is 2.31. The van der Waals surface area contributed by atoms with Gasteiger partial charge in [0.1, 0.15) is 17.3 Å². The van der Waals surface area contributed by atoms with Crippen molar-refractivity contribution in [3.05, 3.63) is 95.6 Å². The van der Waals surface area contributed by atoms with Gasteiger partial charge in [0.2, 0.25) is 0 Å². The van der Waals surface area contributed by atoms with Crippen LogP contribution in [0.1, 0.15) is 35.3 Å². The molecule has 1 amide bonds. The second kappa shape index (κ2) is 10.4. The molecule has 3 aromatic heterocycles. The molecule has 11 heteroatoms. The number of anilines is 1. The van der Waals surface area contributed by atoms with Crippen LogP contribution < -0.4 is 10.1 Å². The van der Waals surface area contributed by atoms with Crippen LogP contribution in [0.3, 0.4) is 0 Å². The average Bonchev–Trinajstić information content (AvgIpc) is 3.30. The van der Waals surface area contributed by atoms with Crippen LogP contribution in [-0.2, 0) is 6.18 Å². The van der Waals surface area contributed by atoms with Crippen molar-refractivity contribution in [3.63, 3.8) is 0 Å². The first-order chi connectivity index (χ1) is 19.0. The summed E-state index contributed by atoms with van der Waals surface area (Å²) in [4.78, 5) is 21.8. The first kappa shape index (κ1) is 26.8. The monoisotopic (exact) mass is 549 g/mol. The Morgan fingerprint density at radius 1 is 1.00 bits per heavy atom. The van der Waals surface area contributed by atoms with Crippen LogP contribution in [0.2, 0.25) is 0 Å². The number of benzene rings is 2. The number of aromatic nitrogens is 4. The number of alkyl halides is 3. The zero-order chi connectivity index (χ0) is 28.6. The van der Waals surface area contributed by atoms with Gasteiger partial charge in [-0.3, -0.25) is 4.79 Å².